The van der Waals surface area contributed by atoms with Gasteiger partial charge in [0.1, 0.15) is 11.6 Å². The molecule has 0 aliphatic carbocycles. The van der Waals surface area contributed by atoms with E-state index in [2.05, 4.69) is 38.4 Å². The predicted molar refractivity (Wildman–Crippen MR) is 111 cm³/mol. The molecule has 3 rings (SSSR count). The summed E-state index contributed by atoms with van der Waals surface area (Å²) in [5.74, 6) is 2.48. The highest BCUT2D eigenvalue weighted by molar-refractivity contribution is 5.44. The number of hydrogen-bond donors (Lipinski definition) is 1. The smallest absolute Gasteiger partial charge is 0.227 e. The molecule has 0 bridgehead atoms. The Morgan fingerprint density at radius 3 is 2.52 bits per heavy atom. The van der Waals surface area contributed by atoms with Crippen LogP contribution in [0.5, 0.6) is 5.75 Å². The van der Waals surface area contributed by atoms with Crippen LogP contribution in [-0.2, 0) is 13.0 Å². The van der Waals surface area contributed by atoms with Crippen molar-refractivity contribution < 1.29 is 4.74 Å². The second kappa shape index (κ2) is 9.03. The first-order chi connectivity index (χ1) is 13.2. The van der Waals surface area contributed by atoms with Crippen molar-refractivity contribution >= 4 is 11.8 Å². The molecule has 0 amide bonds. The topological polar surface area (TPSA) is 50.3 Å². The summed E-state index contributed by atoms with van der Waals surface area (Å²) in [5.41, 5.74) is 3.36. The number of aromatic nitrogens is 2. The van der Waals surface area contributed by atoms with Crippen molar-refractivity contribution in [3.63, 3.8) is 0 Å². The van der Waals surface area contributed by atoms with E-state index in [-0.39, 0.29) is 0 Å². The van der Waals surface area contributed by atoms with Crippen molar-refractivity contribution in [1.29, 1.82) is 0 Å². The third-order valence-electron chi connectivity index (χ3n) is 4.34. The largest absolute Gasteiger partial charge is 0.496 e. The summed E-state index contributed by atoms with van der Waals surface area (Å²) in [7, 11) is 3.72. The Morgan fingerprint density at radius 2 is 1.74 bits per heavy atom. The van der Waals surface area contributed by atoms with E-state index in [4.69, 9.17) is 4.74 Å². The van der Waals surface area contributed by atoms with Gasteiger partial charge in [-0.15, -0.1) is 0 Å². The monoisotopic (exact) mass is 362 g/mol. The fourth-order valence-electron chi connectivity index (χ4n) is 2.98. The molecule has 0 spiro atoms. The molecule has 27 heavy (non-hydrogen) atoms. The lowest BCUT2D eigenvalue weighted by molar-refractivity contribution is 0.410. The maximum Gasteiger partial charge on any atom is 0.227 e. The summed E-state index contributed by atoms with van der Waals surface area (Å²) in [6.07, 6.45) is 0.863. The average molecular weight is 362 g/mol. The van der Waals surface area contributed by atoms with E-state index in [1.165, 1.54) is 11.1 Å². The van der Waals surface area contributed by atoms with Gasteiger partial charge in [0.15, 0.2) is 0 Å². The van der Waals surface area contributed by atoms with E-state index in [0.29, 0.717) is 0 Å². The SMILES string of the molecule is COc1ccccc1CCNc1cc(C)nc(N(C)Cc2ccccc2)n1. The van der Waals surface area contributed by atoms with Gasteiger partial charge in [-0.05, 0) is 30.5 Å². The lowest BCUT2D eigenvalue weighted by Crippen LogP contribution is -2.20. The third kappa shape index (κ3) is 5.20. The van der Waals surface area contributed by atoms with Crippen LogP contribution in [0.1, 0.15) is 16.8 Å². The number of rotatable bonds is 8. The molecule has 0 aliphatic rings. The number of hydrogen-bond acceptors (Lipinski definition) is 5. The van der Waals surface area contributed by atoms with Gasteiger partial charge in [0.25, 0.3) is 0 Å². The lowest BCUT2D eigenvalue weighted by atomic mass is 10.1. The van der Waals surface area contributed by atoms with E-state index in [9.17, 15) is 0 Å². The van der Waals surface area contributed by atoms with E-state index in [0.717, 1.165) is 42.7 Å². The summed E-state index contributed by atoms with van der Waals surface area (Å²) in [5, 5.41) is 3.41. The van der Waals surface area contributed by atoms with Gasteiger partial charge >= 0.3 is 0 Å². The van der Waals surface area contributed by atoms with Crippen molar-refractivity contribution in [2.45, 2.75) is 19.9 Å². The minimum absolute atomic E-state index is 0.721. The number of ether oxygens (including phenoxy) is 1. The van der Waals surface area contributed by atoms with Crippen LogP contribution in [0.2, 0.25) is 0 Å². The number of methoxy groups -OCH3 is 1. The third-order valence-corrected chi connectivity index (χ3v) is 4.34. The lowest BCUT2D eigenvalue weighted by Gasteiger charge is -2.18. The Kier molecular flexibility index (Phi) is 6.26. The molecular formula is C22H26N4O. The molecule has 0 aliphatic heterocycles. The van der Waals surface area contributed by atoms with Gasteiger partial charge in [-0.1, -0.05) is 48.5 Å². The number of aryl methyl sites for hydroxylation is 1. The van der Waals surface area contributed by atoms with Crippen LogP contribution in [0.15, 0.2) is 60.7 Å². The van der Waals surface area contributed by atoms with Crippen molar-refractivity contribution in [2.24, 2.45) is 0 Å². The highest BCUT2D eigenvalue weighted by Crippen LogP contribution is 2.19. The molecule has 2 aromatic carbocycles. The minimum atomic E-state index is 0.721. The summed E-state index contributed by atoms with van der Waals surface area (Å²) < 4.78 is 5.41. The first-order valence-corrected chi connectivity index (χ1v) is 9.12. The molecule has 1 N–H and O–H groups in total. The fraction of sp³-hybridized carbons (Fsp3) is 0.273. The highest BCUT2D eigenvalue weighted by atomic mass is 16.5. The Hall–Kier alpha value is -3.08. The van der Waals surface area contributed by atoms with Crippen molar-refractivity contribution in [2.75, 3.05) is 30.9 Å². The van der Waals surface area contributed by atoms with Crippen LogP contribution in [0.4, 0.5) is 11.8 Å². The van der Waals surface area contributed by atoms with Gasteiger partial charge in [0.2, 0.25) is 5.95 Å². The Bertz CT molecular complexity index is 867. The van der Waals surface area contributed by atoms with Crippen LogP contribution < -0.4 is 15.0 Å². The van der Waals surface area contributed by atoms with Gasteiger partial charge in [-0.25, -0.2) is 4.98 Å². The summed E-state index contributed by atoms with van der Waals surface area (Å²) >= 11 is 0. The first-order valence-electron chi connectivity index (χ1n) is 9.12. The van der Waals surface area contributed by atoms with Crippen molar-refractivity contribution in [3.05, 3.63) is 77.5 Å². The van der Waals surface area contributed by atoms with E-state index < -0.39 is 0 Å². The molecule has 0 saturated heterocycles. The zero-order valence-corrected chi connectivity index (χ0v) is 16.1. The average Bonchev–Trinajstić information content (AvgIpc) is 2.68. The Labute approximate surface area is 161 Å². The normalized spacial score (nSPS) is 10.5. The quantitative estimate of drug-likeness (QED) is 0.654. The number of para-hydroxylation sites is 1. The second-order valence-corrected chi connectivity index (χ2v) is 6.52. The van der Waals surface area contributed by atoms with Crippen LogP contribution in [0.3, 0.4) is 0 Å². The maximum absolute atomic E-state index is 5.41. The molecule has 3 aromatic rings. The van der Waals surface area contributed by atoms with Gasteiger partial charge < -0.3 is 15.0 Å². The maximum atomic E-state index is 5.41. The van der Waals surface area contributed by atoms with Crippen LogP contribution >= 0.6 is 0 Å². The molecule has 5 nitrogen and oxygen atoms in total. The fourth-order valence-corrected chi connectivity index (χ4v) is 2.98. The van der Waals surface area contributed by atoms with Crippen LogP contribution in [-0.4, -0.2) is 30.7 Å². The van der Waals surface area contributed by atoms with Gasteiger partial charge in [0.05, 0.1) is 7.11 Å². The molecule has 5 heteroatoms. The summed E-state index contributed by atoms with van der Waals surface area (Å²) in [6, 6.07) is 20.4. The number of nitrogens with zero attached hydrogens (tertiary/aromatic N) is 3. The van der Waals surface area contributed by atoms with Crippen molar-refractivity contribution in [1.82, 2.24) is 9.97 Å². The van der Waals surface area contributed by atoms with E-state index in [1.54, 1.807) is 7.11 Å². The summed E-state index contributed by atoms with van der Waals surface area (Å²) in [4.78, 5) is 11.3. The molecule has 0 atom stereocenters. The standard InChI is InChI=1S/C22H26N4O/c1-17-15-21(23-14-13-19-11-7-8-12-20(19)27-3)25-22(24-17)26(2)16-18-9-5-4-6-10-18/h4-12,15H,13-14,16H2,1-3H3,(H,23,24,25). The highest BCUT2D eigenvalue weighted by Gasteiger charge is 2.08. The van der Waals surface area contributed by atoms with E-state index >= 15 is 0 Å². The predicted octanol–water partition coefficient (Wildman–Crippen LogP) is 4.08. The summed E-state index contributed by atoms with van der Waals surface area (Å²) in [6.45, 7) is 3.54. The molecule has 1 heterocycles. The molecule has 0 radical (unpaired) electrons. The Balaban J connectivity index is 1.64. The molecule has 0 saturated carbocycles. The van der Waals surface area contributed by atoms with Gasteiger partial charge in [-0.2, -0.15) is 4.98 Å². The molecule has 140 valence electrons. The van der Waals surface area contributed by atoms with Gasteiger partial charge in [-0.3, -0.25) is 0 Å². The molecular weight excluding hydrogens is 336 g/mol. The van der Waals surface area contributed by atoms with E-state index in [1.807, 2.05) is 56.4 Å². The number of benzene rings is 2. The first kappa shape index (κ1) is 18.7. The number of nitrogens with one attached hydrogen (secondary N) is 1. The van der Waals surface area contributed by atoms with Crippen LogP contribution in [0, 0.1) is 6.92 Å². The second-order valence-electron chi connectivity index (χ2n) is 6.52. The molecule has 0 fully saturated rings. The zero-order chi connectivity index (χ0) is 19.1. The van der Waals surface area contributed by atoms with Crippen LogP contribution in [0.25, 0.3) is 0 Å². The number of anilines is 2. The molecule has 1 aromatic heterocycles. The Morgan fingerprint density at radius 1 is 1.00 bits per heavy atom. The molecule has 0 unspecified atom stereocenters. The zero-order valence-electron chi connectivity index (χ0n) is 16.1. The van der Waals surface area contributed by atoms with Crippen molar-refractivity contribution in [3.8, 4) is 5.75 Å². The van der Waals surface area contributed by atoms with Gasteiger partial charge in [0, 0.05) is 31.9 Å². The minimum Gasteiger partial charge on any atom is -0.496 e.